The molecule has 0 aliphatic heterocycles. The van der Waals surface area contributed by atoms with E-state index in [-0.39, 0.29) is 4.83 Å². The zero-order valence-corrected chi connectivity index (χ0v) is 13.5. The third-order valence-electron chi connectivity index (χ3n) is 3.59. The van der Waals surface area contributed by atoms with E-state index in [1.54, 1.807) is 0 Å². The van der Waals surface area contributed by atoms with Gasteiger partial charge in [-0.25, -0.2) is 0 Å². The molecule has 0 N–H and O–H groups in total. The number of hydrogen-bond acceptors (Lipinski definition) is 1. The van der Waals surface area contributed by atoms with Gasteiger partial charge in [-0.1, -0.05) is 77.5 Å². The number of rotatable bonds is 4. The zero-order chi connectivity index (χ0) is 14.7. The number of alkyl halides is 1. The monoisotopic (exact) mass is 340 g/mol. The molecule has 3 aromatic rings. The molecular formula is C19H17BrO. The van der Waals surface area contributed by atoms with Gasteiger partial charge in [0, 0.05) is 6.42 Å². The third kappa shape index (κ3) is 3.11. The SMILES string of the molecule is CCc1ccc(C(Br)c2ccc(-c3ccccc3)cc2)o1. The van der Waals surface area contributed by atoms with Gasteiger partial charge in [0.25, 0.3) is 0 Å². The van der Waals surface area contributed by atoms with E-state index < -0.39 is 0 Å². The van der Waals surface area contributed by atoms with Crippen LogP contribution in [0.1, 0.15) is 28.8 Å². The summed E-state index contributed by atoms with van der Waals surface area (Å²) >= 11 is 3.72. The van der Waals surface area contributed by atoms with Gasteiger partial charge in [-0.15, -0.1) is 0 Å². The van der Waals surface area contributed by atoms with Gasteiger partial charge in [-0.05, 0) is 28.8 Å². The maximum Gasteiger partial charge on any atom is 0.122 e. The quantitative estimate of drug-likeness (QED) is 0.531. The van der Waals surface area contributed by atoms with Crippen LogP contribution in [0.15, 0.2) is 71.1 Å². The van der Waals surface area contributed by atoms with E-state index >= 15 is 0 Å². The molecule has 1 aromatic heterocycles. The van der Waals surface area contributed by atoms with E-state index in [4.69, 9.17) is 4.42 Å². The van der Waals surface area contributed by atoms with Crippen molar-refractivity contribution in [3.05, 3.63) is 83.8 Å². The summed E-state index contributed by atoms with van der Waals surface area (Å²) < 4.78 is 5.82. The Labute approximate surface area is 133 Å². The molecule has 21 heavy (non-hydrogen) atoms. The van der Waals surface area contributed by atoms with Crippen LogP contribution in [-0.4, -0.2) is 0 Å². The molecule has 0 saturated heterocycles. The molecule has 0 radical (unpaired) electrons. The van der Waals surface area contributed by atoms with Crippen LogP contribution in [0.25, 0.3) is 11.1 Å². The molecule has 0 spiro atoms. The van der Waals surface area contributed by atoms with E-state index in [0.717, 1.165) is 17.9 Å². The summed E-state index contributed by atoms with van der Waals surface area (Å²) in [6.07, 6.45) is 0.923. The predicted octanol–water partition coefficient (Wildman–Crippen LogP) is 5.99. The molecule has 1 unspecified atom stereocenters. The van der Waals surface area contributed by atoms with Crippen molar-refractivity contribution < 1.29 is 4.42 Å². The van der Waals surface area contributed by atoms with Gasteiger partial charge in [0.05, 0.1) is 4.83 Å². The minimum atomic E-state index is 0.0997. The van der Waals surface area contributed by atoms with Crippen LogP contribution in [0, 0.1) is 0 Å². The van der Waals surface area contributed by atoms with Gasteiger partial charge in [0.2, 0.25) is 0 Å². The van der Waals surface area contributed by atoms with E-state index in [9.17, 15) is 0 Å². The molecule has 1 nitrogen and oxygen atoms in total. The summed E-state index contributed by atoms with van der Waals surface area (Å²) in [6.45, 7) is 2.10. The lowest BCUT2D eigenvalue weighted by atomic mass is 10.0. The Morgan fingerprint density at radius 3 is 2.14 bits per heavy atom. The van der Waals surface area contributed by atoms with Gasteiger partial charge >= 0.3 is 0 Å². The lowest BCUT2D eigenvalue weighted by Crippen LogP contribution is -1.90. The van der Waals surface area contributed by atoms with Gasteiger partial charge in [0.15, 0.2) is 0 Å². The highest BCUT2D eigenvalue weighted by Gasteiger charge is 2.14. The normalized spacial score (nSPS) is 12.3. The highest BCUT2D eigenvalue weighted by Crippen LogP contribution is 2.33. The van der Waals surface area contributed by atoms with Gasteiger partial charge in [-0.2, -0.15) is 0 Å². The predicted molar refractivity (Wildman–Crippen MR) is 90.7 cm³/mol. The van der Waals surface area contributed by atoms with Crippen molar-refractivity contribution in [3.8, 4) is 11.1 Å². The molecule has 0 aliphatic rings. The molecule has 3 rings (SSSR count). The summed E-state index contributed by atoms with van der Waals surface area (Å²) in [5.74, 6) is 1.98. The third-order valence-corrected chi connectivity index (χ3v) is 4.57. The van der Waals surface area contributed by atoms with Gasteiger partial charge < -0.3 is 4.42 Å². The van der Waals surface area contributed by atoms with Crippen molar-refractivity contribution in [2.75, 3.05) is 0 Å². The Hall–Kier alpha value is -1.80. The minimum Gasteiger partial charge on any atom is -0.465 e. The largest absolute Gasteiger partial charge is 0.465 e. The maximum atomic E-state index is 5.82. The number of halogens is 1. The minimum absolute atomic E-state index is 0.0997. The summed E-state index contributed by atoms with van der Waals surface area (Å²) in [5.41, 5.74) is 3.67. The maximum absolute atomic E-state index is 5.82. The Morgan fingerprint density at radius 1 is 0.857 bits per heavy atom. The molecular weight excluding hydrogens is 324 g/mol. The van der Waals surface area contributed by atoms with Crippen molar-refractivity contribution in [1.29, 1.82) is 0 Å². The second-order valence-electron chi connectivity index (χ2n) is 5.01. The second-order valence-corrected chi connectivity index (χ2v) is 5.92. The fraction of sp³-hybridized carbons (Fsp3) is 0.158. The van der Waals surface area contributed by atoms with Crippen LogP contribution in [0.3, 0.4) is 0 Å². The Bertz CT molecular complexity index is 698. The molecule has 2 aromatic carbocycles. The molecule has 0 amide bonds. The van der Waals surface area contributed by atoms with E-state index in [2.05, 4.69) is 71.4 Å². The van der Waals surface area contributed by atoms with Crippen LogP contribution >= 0.6 is 15.9 Å². The Morgan fingerprint density at radius 2 is 1.52 bits per heavy atom. The number of benzene rings is 2. The van der Waals surface area contributed by atoms with Crippen LogP contribution in [0.4, 0.5) is 0 Å². The highest BCUT2D eigenvalue weighted by atomic mass is 79.9. The fourth-order valence-corrected chi connectivity index (χ4v) is 2.91. The van der Waals surface area contributed by atoms with Crippen molar-refractivity contribution in [2.24, 2.45) is 0 Å². The molecule has 1 heterocycles. The van der Waals surface area contributed by atoms with E-state index in [0.29, 0.717) is 0 Å². The zero-order valence-electron chi connectivity index (χ0n) is 11.9. The smallest absolute Gasteiger partial charge is 0.122 e. The molecule has 1 atom stereocenters. The molecule has 2 heteroatoms. The molecule has 0 aliphatic carbocycles. The lowest BCUT2D eigenvalue weighted by Gasteiger charge is -2.09. The van der Waals surface area contributed by atoms with Crippen LogP contribution in [-0.2, 0) is 6.42 Å². The standard InChI is InChI=1S/C19H17BrO/c1-2-17-12-13-18(21-17)19(20)16-10-8-15(9-11-16)14-6-4-3-5-7-14/h3-13,19H,2H2,1H3. The van der Waals surface area contributed by atoms with Crippen LogP contribution in [0.2, 0.25) is 0 Å². The summed E-state index contributed by atoms with van der Waals surface area (Å²) in [6, 6.07) is 23.1. The Balaban J connectivity index is 1.83. The van der Waals surface area contributed by atoms with Crippen molar-refractivity contribution >= 4 is 15.9 Å². The molecule has 0 fully saturated rings. The van der Waals surface area contributed by atoms with Crippen molar-refractivity contribution in [2.45, 2.75) is 18.2 Å². The fourth-order valence-electron chi connectivity index (χ4n) is 2.36. The average molecular weight is 341 g/mol. The summed E-state index contributed by atoms with van der Waals surface area (Å²) in [7, 11) is 0. The average Bonchev–Trinajstić information content (AvgIpc) is 3.04. The van der Waals surface area contributed by atoms with Gasteiger partial charge in [0.1, 0.15) is 11.5 Å². The number of aryl methyl sites for hydroxylation is 1. The highest BCUT2D eigenvalue weighted by molar-refractivity contribution is 9.09. The Kier molecular flexibility index (Phi) is 4.26. The van der Waals surface area contributed by atoms with Crippen molar-refractivity contribution in [3.63, 3.8) is 0 Å². The molecule has 106 valence electrons. The van der Waals surface area contributed by atoms with E-state index in [1.807, 2.05) is 18.2 Å². The van der Waals surface area contributed by atoms with Gasteiger partial charge in [-0.3, -0.25) is 0 Å². The first-order valence-corrected chi connectivity index (χ1v) is 8.07. The van der Waals surface area contributed by atoms with Crippen molar-refractivity contribution in [1.82, 2.24) is 0 Å². The number of hydrogen-bond donors (Lipinski definition) is 0. The topological polar surface area (TPSA) is 13.1 Å². The summed E-state index contributed by atoms with van der Waals surface area (Å²) in [4.78, 5) is 0.0997. The molecule has 0 bridgehead atoms. The number of furan rings is 1. The first kappa shape index (κ1) is 14.2. The molecule has 0 saturated carbocycles. The first-order valence-electron chi connectivity index (χ1n) is 7.16. The van der Waals surface area contributed by atoms with Crippen LogP contribution < -0.4 is 0 Å². The lowest BCUT2D eigenvalue weighted by molar-refractivity contribution is 0.477. The summed E-state index contributed by atoms with van der Waals surface area (Å²) in [5, 5.41) is 0. The second kappa shape index (κ2) is 6.31. The first-order chi connectivity index (χ1) is 10.3. The van der Waals surface area contributed by atoms with Crippen LogP contribution in [0.5, 0.6) is 0 Å². The van der Waals surface area contributed by atoms with E-state index in [1.165, 1.54) is 16.7 Å².